The number of nitrogens with one attached hydrogen (secondary N) is 2. The van der Waals surface area contributed by atoms with Gasteiger partial charge in [0.25, 0.3) is 0 Å². The first kappa shape index (κ1) is 15.0. The van der Waals surface area contributed by atoms with Gasteiger partial charge in [-0.15, -0.1) is 11.3 Å². The summed E-state index contributed by atoms with van der Waals surface area (Å²) in [7, 11) is 0. The minimum Gasteiger partial charge on any atom is -0.315 e. The molecule has 2 N–H and O–H groups in total. The highest BCUT2D eigenvalue weighted by Crippen LogP contribution is 2.31. The summed E-state index contributed by atoms with van der Waals surface area (Å²) in [5.41, 5.74) is 1.55. The van der Waals surface area contributed by atoms with Gasteiger partial charge in [-0.3, -0.25) is 9.69 Å². The maximum absolute atomic E-state index is 12.1. The van der Waals surface area contributed by atoms with E-state index in [4.69, 9.17) is 5.26 Å². The molecule has 20 heavy (non-hydrogen) atoms. The van der Waals surface area contributed by atoms with Crippen LogP contribution in [0.2, 0.25) is 0 Å². The second kappa shape index (κ2) is 6.35. The van der Waals surface area contributed by atoms with Gasteiger partial charge in [0, 0.05) is 30.6 Å². The molecule has 0 aliphatic carbocycles. The van der Waals surface area contributed by atoms with Gasteiger partial charge in [-0.05, 0) is 26.3 Å². The number of amides is 1. The highest BCUT2D eigenvalue weighted by atomic mass is 32.1. The van der Waals surface area contributed by atoms with E-state index in [0.29, 0.717) is 23.2 Å². The number of aryl methyl sites for hydroxylation is 1. The number of nitriles is 1. The zero-order valence-corrected chi connectivity index (χ0v) is 12.9. The number of nitrogens with zero attached hydrogens (tertiary/aromatic N) is 2. The molecule has 1 aromatic rings. The van der Waals surface area contributed by atoms with Gasteiger partial charge in [0.1, 0.15) is 11.1 Å². The average molecular weight is 292 g/mol. The van der Waals surface area contributed by atoms with E-state index < -0.39 is 0 Å². The van der Waals surface area contributed by atoms with Gasteiger partial charge in [-0.1, -0.05) is 0 Å². The first-order valence-corrected chi connectivity index (χ1v) is 7.58. The Morgan fingerprint density at radius 2 is 2.35 bits per heavy atom. The summed E-state index contributed by atoms with van der Waals surface area (Å²) >= 11 is 1.47. The molecule has 1 aromatic heterocycles. The lowest BCUT2D eigenvalue weighted by Crippen LogP contribution is -2.51. The summed E-state index contributed by atoms with van der Waals surface area (Å²) in [6, 6.07) is 2.59. The number of thiophene rings is 1. The van der Waals surface area contributed by atoms with Crippen LogP contribution in [0.25, 0.3) is 0 Å². The van der Waals surface area contributed by atoms with Crippen LogP contribution < -0.4 is 10.6 Å². The molecule has 1 saturated heterocycles. The summed E-state index contributed by atoms with van der Waals surface area (Å²) in [5.74, 6) is -0.0446. The molecular formula is C14H20N4OS. The lowest BCUT2D eigenvalue weighted by molar-refractivity contribution is -0.117. The topological polar surface area (TPSA) is 68.2 Å². The fourth-order valence-corrected chi connectivity index (χ4v) is 3.40. The summed E-state index contributed by atoms with van der Waals surface area (Å²) in [5, 5.41) is 16.1. The van der Waals surface area contributed by atoms with Crippen molar-refractivity contribution < 1.29 is 4.79 Å². The quantitative estimate of drug-likeness (QED) is 0.885. The molecule has 1 unspecified atom stereocenters. The molecule has 1 aliphatic heterocycles. The molecule has 108 valence electrons. The van der Waals surface area contributed by atoms with E-state index >= 15 is 0 Å². The molecule has 5 nitrogen and oxygen atoms in total. The molecule has 0 radical (unpaired) electrons. The molecule has 1 atom stereocenters. The maximum atomic E-state index is 12.1. The summed E-state index contributed by atoms with van der Waals surface area (Å²) in [6.07, 6.45) is 0. The van der Waals surface area contributed by atoms with E-state index in [1.807, 2.05) is 13.8 Å². The van der Waals surface area contributed by atoms with Crippen molar-refractivity contribution in [2.75, 3.05) is 31.5 Å². The number of carbonyl (C=O) groups is 1. The second-order valence-electron chi connectivity index (χ2n) is 5.24. The SMILES string of the molecule is Cc1sc(NC(=O)CN2CCNC(C)C2)c(C#N)c1C. The third kappa shape index (κ3) is 3.37. The third-order valence-electron chi connectivity index (χ3n) is 3.57. The number of rotatable bonds is 3. The minimum atomic E-state index is -0.0446. The van der Waals surface area contributed by atoms with Crippen LogP contribution in [0.3, 0.4) is 0 Å². The monoisotopic (exact) mass is 292 g/mol. The number of anilines is 1. The van der Waals surface area contributed by atoms with Gasteiger partial charge in [0.2, 0.25) is 5.91 Å². The van der Waals surface area contributed by atoms with Gasteiger partial charge < -0.3 is 10.6 Å². The number of piperazine rings is 1. The fourth-order valence-electron chi connectivity index (χ4n) is 2.37. The Balaban J connectivity index is 1.98. The van der Waals surface area contributed by atoms with E-state index in [0.717, 1.165) is 30.1 Å². The van der Waals surface area contributed by atoms with Gasteiger partial charge in [-0.25, -0.2) is 0 Å². The zero-order chi connectivity index (χ0) is 14.7. The van der Waals surface area contributed by atoms with E-state index in [1.54, 1.807) is 0 Å². The lowest BCUT2D eigenvalue weighted by atomic mass is 10.2. The van der Waals surface area contributed by atoms with Crippen LogP contribution in [0.1, 0.15) is 22.9 Å². The van der Waals surface area contributed by atoms with Crippen molar-refractivity contribution in [2.24, 2.45) is 0 Å². The van der Waals surface area contributed by atoms with Crippen LogP contribution in [-0.2, 0) is 4.79 Å². The minimum absolute atomic E-state index is 0.0446. The Bertz CT molecular complexity index is 546. The van der Waals surface area contributed by atoms with Crippen LogP contribution in [0.4, 0.5) is 5.00 Å². The van der Waals surface area contributed by atoms with Gasteiger partial charge in [-0.2, -0.15) is 5.26 Å². The molecule has 2 rings (SSSR count). The van der Waals surface area contributed by atoms with Crippen molar-refractivity contribution in [1.82, 2.24) is 10.2 Å². The van der Waals surface area contributed by atoms with Crippen LogP contribution in [-0.4, -0.2) is 43.0 Å². The van der Waals surface area contributed by atoms with Crippen LogP contribution in [0.5, 0.6) is 0 Å². The molecule has 0 spiro atoms. The van der Waals surface area contributed by atoms with E-state index in [1.165, 1.54) is 11.3 Å². The average Bonchev–Trinajstić information content (AvgIpc) is 2.64. The van der Waals surface area contributed by atoms with Crippen molar-refractivity contribution in [1.29, 1.82) is 5.26 Å². The van der Waals surface area contributed by atoms with Crippen molar-refractivity contribution >= 4 is 22.2 Å². The molecule has 1 aliphatic rings. The highest BCUT2D eigenvalue weighted by Gasteiger charge is 2.20. The Hall–Kier alpha value is -1.42. The largest absolute Gasteiger partial charge is 0.315 e. The van der Waals surface area contributed by atoms with E-state index in [-0.39, 0.29) is 5.91 Å². The molecule has 1 fully saturated rings. The lowest BCUT2D eigenvalue weighted by Gasteiger charge is -2.31. The number of hydrogen-bond donors (Lipinski definition) is 2. The molecule has 6 heteroatoms. The Morgan fingerprint density at radius 1 is 1.60 bits per heavy atom. The number of carbonyl (C=O) groups excluding carboxylic acids is 1. The van der Waals surface area contributed by atoms with Crippen LogP contribution in [0.15, 0.2) is 0 Å². The predicted octanol–water partition coefficient (Wildman–Crippen LogP) is 1.47. The summed E-state index contributed by atoms with van der Waals surface area (Å²) in [6.45, 7) is 9.05. The van der Waals surface area contributed by atoms with Crippen LogP contribution in [0, 0.1) is 25.2 Å². The van der Waals surface area contributed by atoms with E-state index in [9.17, 15) is 4.79 Å². The Labute approximate surface area is 123 Å². The Kier molecular flexibility index (Phi) is 4.76. The zero-order valence-electron chi connectivity index (χ0n) is 12.1. The van der Waals surface area contributed by atoms with Crippen molar-refractivity contribution in [3.63, 3.8) is 0 Å². The van der Waals surface area contributed by atoms with Crippen molar-refractivity contribution in [3.05, 3.63) is 16.0 Å². The fraction of sp³-hybridized carbons (Fsp3) is 0.571. The van der Waals surface area contributed by atoms with Crippen molar-refractivity contribution in [3.8, 4) is 6.07 Å². The number of hydrogen-bond acceptors (Lipinski definition) is 5. The maximum Gasteiger partial charge on any atom is 0.239 e. The molecule has 0 saturated carbocycles. The first-order valence-electron chi connectivity index (χ1n) is 6.77. The Morgan fingerprint density at radius 3 is 3.00 bits per heavy atom. The summed E-state index contributed by atoms with van der Waals surface area (Å²) < 4.78 is 0. The van der Waals surface area contributed by atoms with Crippen molar-refractivity contribution in [2.45, 2.75) is 26.8 Å². The molecule has 2 heterocycles. The molecule has 0 aromatic carbocycles. The van der Waals surface area contributed by atoms with Gasteiger partial charge >= 0.3 is 0 Å². The third-order valence-corrected chi connectivity index (χ3v) is 4.69. The second-order valence-corrected chi connectivity index (χ2v) is 6.46. The predicted molar refractivity (Wildman–Crippen MR) is 81.0 cm³/mol. The summed E-state index contributed by atoms with van der Waals surface area (Å²) in [4.78, 5) is 15.3. The van der Waals surface area contributed by atoms with E-state index in [2.05, 4.69) is 28.5 Å². The molecule has 1 amide bonds. The highest BCUT2D eigenvalue weighted by molar-refractivity contribution is 7.16. The van der Waals surface area contributed by atoms with Crippen LogP contribution >= 0.6 is 11.3 Å². The normalized spacial score (nSPS) is 19.6. The standard InChI is InChI=1S/C14H20N4OS/c1-9-7-18(5-4-16-9)8-13(19)17-14-12(6-15)10(2)11(3)20-14/h9,16H,4-5,7-8H2,1-3H3,(H,17,19). The van der Waals surface area contributed by atoms with Gasteiger partial charge in [0.05, 0.1) is 12.1 Å². The first-order chi connectivity index (χ1) is 9.51. The molecule has 0 bridgehead atoms. The van der Waals surface area contributed by atoms with Gasteiger partial charge in [0.15, 0.2) is 0 Å². The molecular weight excluding hydrogens is 272 g/mol. The smallest absolute Gasteiger partial charge is 0.239 e.